The van der Waals surface area contributed by atoms with Crippen LogP contribution in [0.15, 0.2) is 121 Å². The molecule has 0 aliphatic heterocycles. The quantitative estimate of drug-likeness (QED) is 0.0195. The number of hydrogen-bond acceptors (Lipinski definition) is 19. The third-order valence-corrected chi connectivity index (χ3v) is 12.8. The van der Waals surface area contributed by atoms with Gasteiger partial charge in [-0.15, -0.1) is 0 Å². The molecule has 19 nitrogen and oxygen atoms in total. The van der Waals surface area contributed by atoms with Crippen LogP contribution in [0.5, 0.6) is 0 Å². The predicted molar refractivity (Wildman–Crippen MR) is 336 cm³/mol. The van der Waals surface area contributed by atoms with Crippen LogP contribution in [0.3, 0.4) is 0 Å². The Hall–Kier alpha value is -6.13. The monoisotopic (exact) mass is 1210 g/mol. The minimum atomic E-state index is -0.762. The summed E-state index contributed by atoms with van der Waals surface area (Å²) in [5.74, 6) is -2.39. The summed E-state index contributed by atoms with van der Waals surface area (Å²) in [6.07, 6.45) is 0. The van der Waals surface area contributed by atoms with Crippen LogP contribution in [0, 0.1) is 0 Å². The van der Waals surface area contributed by atoms with Crippen molar-refractivity contribution in [3.05, 3.63) is 144 Å². The van der Waals surface area contributed by atoms with Gasteiger partial charge in [-0.3, -0.25) is 48.9 Å². The summed E-state index contributed by atoms with van der Waals surface area (Å²) in [7, 11) is 0. The van der Waals surface area contributed by atoms with E-state index >= 15 is 0 Å². The Balaban J connectivity index is 1.31. The van der Waals surface area contributed by atoms with Crippen LogP contribution in [0.1, 0.15) is 105 Å². The highest BCUT2D eigenvalue weighted by atomic mass is 16.6. The minimum Gasteiger partial charge on any atom is -0.460 e. The molecule has 0 atom stereocenters. The molecule has 87 heavy (non-hydrogen) atoms. The van der Waals surface area contributed by atoms with Gasteiger partial charge < -0.3 is 42.6 Å². The van der Waals surface area contributed by atoms with E-state index in [1.54, 1.807) is 67.2 Å². The topological polar surface area (TPSA) is 193 Å². The molecule has 4 aromatic rings. The largest absolute Gasteiger partial charge is 0.460 e. The molecule has 1 N–H and O–H groups in total. The zero-order valence-electron chi connectivity index (χ0n) is 54.1. The maximum atomic E-state index is 13.5. The van der Waals surface area contributed by atoms with Gasteiger partial charge in [-0.05, 0) is 105 Å². The van der Waals surface area contributed by atoms with E-state index in [0.717, 1.165) is 22.3 Å². The Morgan fingerprint density at radius 2 is 0.609 bits per heavy atom. The molecular weight excluding hydrogens is 1110 g/mol. The van der Waals surface area contributed by atoms with Gasteiger partial charge in [0.2, 0.25) is 0 Å². The van der Waals surface area contributed by atoms with E-state index in [1.165, 1.54) is 0 Å². The second-order valence-electron chi connectivity index (χ2n) is 25.3. The van der Waals surface area contributed by atoms with E-state index in [0.29, 0.717) is 72.4 Å². The van der Waals surface area contributed by atoms with Crippen molar-refractivity contribution < 1.29 is 66.6 Å². The molecule has 0 bridgehead atoms. The molecule has 0 aliphatic rings. The standard InChI is InChI=1S/C68H101N5O14/c1-64(2,3)84-60(75)50-70(34-35-71(51-61(76)85-65(4,5)6)38-39-73(53-63(78)87-67(10,11)12)49-59(74)83-54-55-25-17-13-18-26-55)36-37-72(52-62(77)86-66(7,8)9)40-42-80-44-46-82-48-47-81-45-43-79-41-33-69-68(56-27-19-14-20-28-56,57-29-21-15-22-30-57)58-31-23-16-24-32-58/h13-32,69H,33-54H2,1-12H3. The average molecular weight is 1210 g/mol. The fraction of sp³-hybridized carbons (Fsp3) is 0.574. The summed E-state index contributed by atoms with van der Waals surface area (Å²) >= 11 is 0. The first-order valence-corrected chi connectivity index (χ1v) is 30.4. The second kappa shape index (κ2) is 37.7. The maximum absolute atomic E-state index is 13.5. The minimum absolute atomic E-state index is 0.0309. The summed E-state index contributed by atoms with van der Waals surface area (Å²) in [4.78, 5) is 73.9. The van der Waals surface area contributed by atoms with Gasteiger partial charge in [0.05, 0.1) is 91.1 Å². The van der Waals surface area contributed by atoms with Gasteiger partial charge in [0.1, 0.15) is 29.0 Å². The van der Waals surface area contributed by atoms with E-state index in [1.807, 2.05) is 84.0 Å². The lowest BCUT2D eigenvalue weighted by Gasteiger charge is -2.37. The molecule has 0 spiro atoms. The number of nitrogens with zero attached hydrogens (tertiary/aromatic N) is 4. The van der Waals surface area contributed by atoms with Crippen molar-refractivity contribution in [3.8, 4) is 0 Å². The lowest BCUT2D eigenvalue weighted by atomic mass is 9.77. The summed E-state index contributed by atoms with van der Waals surface area (Å²) in [6, 6.07) is 40.7. The highest BCUT2D eigenvalue weighted by molar-refractivity contribution is 5.75. The third kappa shape index (κ3) is 32.1. The van der Waals surface area contributed by atoms with Crippen LogP contribution < -0.4 is 5.32 Å². The third-order valence-electron chi connectivity index (χ3n) is 12.8. The first-order valence-electron chi connectivity index (χ1n) is 30.4. The summed E-state index contributed by atoms with van der Waals surface area (Å²) in [5, 5.41) is 3.84. The van der Waals surface area contributed by atoms with E-state index in [4.69, 9.17) is 42.6 Å². The second-order valence-corrected chi connectivity index (χ2v) is 25.3. The molecule has 4 rings (SSSR count). The zero-order chi connectivity index (χ0) is 63.8. The van der Waals surface area contributed by atoms with Gasteiger partial charge in [0.25, 0.3) is 0 Å². The van der Waals surface area contributed by atoms with Crippen LogP contribution in [-0.4, -0.2) is 210 Å². The number of benzene rings is 4. The lowest BCUT2D eigenvalue weighted by molar-refractivity contribution is -0.159. The Labute approximate surface area is 518 Å². The average Bonchev–Trinajstić information content (AvgIpc) is 0.868. The highest BCUT2D eigenvalue weighted by Gasteiger charge is 2.36. The van der Waals surface area contributed by atoms with Gasteiger partial charge in [-0.25, -0.2) is 0 Å². The van der Waals surface area contributed by atoms with Crippen molar-refractivity contribution in [2.75, 3.05) is 138 Å². The smallest absolute Gasteiger partial charge is 0.320 e. The Morgan fingerprint density at radius 3 is 0.954 bits per heavy atom. The Bertz CT molecular complexity index is 2490. The van der Waals surface area contributed by atoms with Crippen LogP contribution in [0.4, 0.5) is 0 Å². The van der Waals surface area contributed by atoms with Crippen LogP contribution >= 0.6 is 0 Å². The van der Waals surface area contributed by atoms with Crippen molar-refractivity contribution in [2.45, 2.75) is 118 Å². The van der Waals surface area contributed by atoms with E-state index < -0.39 is 57.8 Å². The molecule has 0 saturated carbocycles. The normalized spacial score (nSPS) is 12.4. The summed E-state index contributed by atoms with van der Waals surface area (Å²) < 4.78 is 52.0. The highest BCUT2D eigenvalue weighted by Crippen LogP contribution is 2.36. The van der Waals surface area contributed by atoms with Gasteiger partial charge in [-0.2, -0.15) is 0 Å². The molecule has 0 aromatic heterocycles. The van der Waals surface area contributed by atoms with E-state index in [-0.39, 0.29) is 72.1 Å². The van der Waals surface area contributed by atoms with E-state index in [2.05, 4.69) is 78.1 Å². The number of carbonyl (C=O) groups is 5. The first-order chi connectivity index (χ1) is 41.2. The van der Waals surface area contributed by atoms with Crippen LogP contribution in [-0.2, 0) is 78.8 Å². The number of esters is 5. The van der Waals surface area contributed by atoms with Gasteiger partial charge in [0.15, 0.2) is 0 Å². The molecule has 0 heterocycles. The molecule has 0 unspecified atom stereocenters. The molecule has 0 radical (unpaired) electrons. The summed E-state index contributed by atoms with van der Waals surface area (Å²) in [6.45, 7) is 26.5. The molecule has 19 heteroatoms. The fourth-order valence-corrected chi connectivity index (χ4v) is 9.20. The van der Waals surface area contributed by atoms with E-state index in [9.17, 15) is 24.0 Å². The molecule has 0 fully saturated rings. The van der Waals surface area contributed by atoms with Crippen molar-refractivity contribution in [2.24, 2.45) is 0 Å². The van der Waals surface area contributed by atoms with Crippen LogP contribution in [0.2, 0.25) is 0 Å². The number of hydrogen-bond donors (Lipinski definition) is 1. The van der Waals surface area contributed by atoms with Crippen molar-refractivity contribution in [1.82, 2.24) is 24.9 Å². The van der Waals surface area contributed by atoms with Gasteiger partial charge >= 0.3 is 29.8 Å². The fourth-order valence-electron chi connectivity index (χ4n) is 9.20. The maximum Gasteiger partial charge on any atom is 0.320 e. The van der Waals surface area contributed by atoms with Crippen molar-refractivity contribution in [1.29, 1.82) is 0 Å². The van der Waals surface area contributed by atoms with Gasteiger partial charge in [0, 0.05) is 52.4 Å². The lowest BCUT2D eigenvalue weighted by Crippen LogP contribution is -2.48. The number of nitrogens with one attached hydrogen (secondary N) is 1. The van der Waals surface area contributed by atoms with Gasteiger partial charge in [-0.1, -0.05) is 121 Å². The zero-order valence-corrected chi connectivity index (χ0v) is 54.1. The molecule has 0 amide bonds. The van der Waals surface area contributed by atoms with Crippen molar-refractivity contribution in [3.63, 3.8) is 0 Å². The van der Waals surface area contributed by atoms with Crippen molar-refractivity contribution >= 4 is 29.8 Å². The number of ether oxygens (including phenoxy) is 9. The Morgan fingerprint density at radius 1 is 0.333 bits per heavy atom. The first kappa shape index (κ1) is 73.3. The SMILES string of the molecule is CC(C)(C)OC(=O)CN(CCOCCOCCOCCOCCNC(c1ccccc1)(c1ccccc1)c1ccccc1)CCN(CCN(CCN(CC(=O)OCc1ccccc1)CC(=O)OC(C)(C)C)CC(=O)OC(C)(C)C)CC(=O)OC(C)(C)C. The predicted octanol–water partition coefficient (Wildman–Crippen LogP) is 7.95. The Kier molecular flexibility index (Phi) is 31.7. The molecule has 4 aromatic carbocycles. The molecular formula is C68H101N5O14. The molecule has 0 aliphatic carbocycles. The van der Waals surface area contributed by atoms with Crippen LogP contribution in [0.25, 0.3) is 0 Å². The molecule has 482 valence electrons. The number of rotatable bonds is 40. The molecule has 0 saturated heterocycles. The number of carbonyl (C=O) groups excluding carboxylic acids is 5. The summed E-state index contributed by atoms with van der Waals surface area (Å²) in [5.41, 5.74) is 0.682.